The molecule has 0 spiro atoms. The van der Waals surface area contributed by atoms with Crippen LogP contribution in [0.15, 0.2) is 67.5 Å². The van der Waals surface area contributed by atoms with Crippen LogP contribution in [0.2, 0.25) is 0 Å². The first-order chi connectivity index (χ1) is 12.2. The standard InChI is InChI=1S/C20H20N4O/c1-15(24-20(25)9-4-16-3-2-10-21-11-16)17-5-7-18(8-6-17)19-12-22-14-23-13-19/h2-3,5-8,10-15H,4,9H2,1H3,(H,24,25)/t15-/m1/s1. The second kappa shape index (κ2) is 8.15. The Morgan fingerprint density at radius 1 is 1.00 bits per heavy atom. The Morgan fingerprint density at radius 2 is 1.76 bits per heavy atom. The van der Waals surface area contributed by atoms with Gasteiger partial charge in [0.05, 0.1) is 6.04 Å². The smallest absolute Gasteiger partial charge is 0.220 e. The third-order valence-electron chi connectivity index (χ3n) is 4.05. The lowest BCUT2D eigenvalue weighted by atomic mass is 10.0. The molecule has 0 bridgehead atoms. The highest BCUT2D eigenvalue weighted by atomic mass is 16.1. The first kappa shape index (κ1) is 16.8. The van der Waals surface area contributed by atoms with Gasteiger partial charge in [-0.3, -0.25) is 9.78 Å². The van der Waals surface area contributed by atoms with E-state index in [1.54, 1.807) is 24.8 Å². The molecule has 3 rings (SSSR count). The van der Waals surface area contributed by atoms with Gasteiger partial charge in [0, 0.05) is 36.8 Å². The SMILES string of the molecule is C[C@@H](NC(=O)CCc1cccnc1)c1ccc(-c2cncnc2)cc1. The molecule has 0 saturated heterocycles. The number of aryl methyl sites for hydroxylation is 1. The van der Waals surface area contributed by atoms with Gasteiger partial charge in [0.25, 0.3) is 0 Å². The van der Waals surface area contributed by atoms with Crippen molar-refractivity contribution in [3.63, 3.8) is 0 Å². The summed E-state index contributed by atoms with van der Waals surface area (Å²) in [6, 6.07) is 11.9. The first-order valence-electron chi connectivity index (χ1n) is 8.26. The lowest BCUT2D eigenvalue weighted by molar-refractivity contribution is -0.121. The van der Waals surface area contributed by atoms with Gasteiger partial charge in [-0.2, -0.15) is 0 Å². The van der Waals surface area contributed by atoms with E-state index in [0.717, 1.165) is 22.3 Å². The molecule has 0 fully saturated rings. The van der Waals surface area contributed by atoms with E-state index >= 15 is 0 Å². The van der Waals surface area contributed by atoms with Gasteiger partial charge < -0.3 is 5.32 Å². The average molecular weight is 332 g/mol. The molecule has 5 nitrogen and oxygen atoms in total. The number of nitrogens with one attached hydrogen (secondary N) is 1. The molecule has 0 saturated carbocycles. The number of benzene rings is 1. The second-order valence-electron chi connectivity index (χ2n) is 5.90. The summed E-state index contributed by atoms with van der Waals surface area (Å²) in [6.07, 6.45) is 9.76. The summed E-state index contributed by atoms with van der Waals surface area (Å²) >= 11 is 0. The molecule has 5 heteroatoms. The highest BCUT2D eigenvalue weighted by Gasteiger charge is 2.10. The molecule has 2 heterocycles. The number of nitrogens with zero attached hydrogens (tertiary/aromatic N) is 3. The van der Waals surface area contributed by atoms with Crippen LogP contribution < -0.4 is 5.32 Å². The summed E-state index contributed by atoms with van der Waals surface area (Å²) in [5.41, 5.74) is 4.16. The molecule has 0 aliphatic carbocycles. The van der Waals surface area contributed by atoms with Crippen LogP contribution in [0.4, 0.5) is 0 Å². The lowest BCUT2D eigenvalue weighted by Crippen LogP contribution is -2.26. The molecule has 1 N–H and O–H groups in total. The summed E-state index contributed by atoms with van der Waals surface area (Å²) < 4.78 is 0. The van der Waals surface area contributed by atoms with Gasteiger partial charge in [0.1, 0.15) is 6.33 Å². The van der Waals surface area contributed by atoms with Crippen LogP contribution in [0.25, 0.3) is 11.1 Å². The van der Waals surface area contributed by atoms with Crippen molar-refractivity contribution < 1.29 is 4.79 Å². The third kappa shape index (κ3) is 4.70. The number of hydrogen-bond acceptors (Lipinski definition) is 4. The third-order valence-corrected chi connectivity index (χ3v) is 4.05. The number of carbonyl (C=O) groups is 1. The fraction of sp³-hybridized carbons (Fsp3) is 0.200. The van der Waals surface area contributed by atoms with Crippen molar-refractivity contribution in [3.05, 3.63) is 78.6 Å². The van der Waals surface area contributed by atoms with Gasteiger partial charge in [0.2, 0.25) is 5.91 Å². The quantitative estimate of drug-likeness (QED) is 0.752. The minimum absolute atomic E-state index is 0.0388. The van der Waals surface area contributed by atoms with Crippen molar-refractivity contribution in [3.8, 4) is 11.1 Å². The van der Waals surface area contributed by atoms with Crippen molar-refractivity contribution in [2.75, 3.05) is 0 Å². The molecule has 1 amide bonds. The topological polar surface area (TPSA) is 67.8 Å². The molecule has 3 aromatic rings. The zero-order valence-corrected chi connectivity index (χ0v) is 14.1. The summed E-state index contributed by atoms with van der Waals surface area (Å²) in [6.45, 7) is 1.99. The number of amides is 1. The molecule has 25 heavy (non-hydrogen) atoms. The second-order valence-corrected chi connectivity index (χ2v) is 5.90. The van der Waals surface area contributed by atoms with Gasteiger partial charge in [-0.1, -0.05) is 30.3 Å². The Balaban J connectivity index is 1.55. The molecule has 126 valence electrons. The summed E-state index contributed by atoms with van der Waals surface area (Å²) in [5.74, 6) is 0.0388. The molecule has 1 aromatic carbocycles. The Kier molecular flexibility index (Phi) is 5.46. The maximum atomic E-state index is 12.1. The fourth-order valence-electron chi connectivity index (χ4n) is 2.61. The van der Waals surface area contributed by atoms with Crippen LogP contribution in [0.5, 0.6) is 0 Å². The Morgan fingerprint density at radius 3 is 2.44 bits per heavy atom. The van der Waals surface area contributed by atoms with Crippen LogP contribution >= 0.6 is 0 Å². The number of rotatable bonds is 6. The monoisotopic (exact) mass is 332 g/mol. The minimum Gasteiger partial charge on any atom is -0.350 e. The van der Waals surface area contributed by atoms with E-state index in [1.807, 2.05) is 43.3 Å². The summed E-state index contributed by atoms with van der Waals surface area (Å²) in [7, 11) is 0. The zero-order chi connectivity index (χ0) is 17.5. The highest BCUT2D eigenvalue weighted by Crippen LogP contribution is 2.20. The Hall–Kier alpha value is -3.08. The van der Waals surface area contributed by atoms with Crippen molar-refractivity contribution in [2.24, 2.45) is 0 Å². The average Bonchev–Trinajstić information content (AvgIpc) is 2.68. The first-order valence-corrected chi connectivity index (χ1v) is 8.26. The Bertz CT molecular complexity index is 804. The van der Waals surface area contributed by atoms with Crippen LogP contribution in [0.1, 0.15) is 30.5 Å². The van der Waals surface area contributed by atoms with E-state index < -0.39 is 0 Å². The van der Waals surface area contributed by atoms with E-state index in [2.05, 4.69) is 20.3 Å². The molecular weight excluding hydrogens is 312 g/mol. The van der Waals surface area contributed by atoms with Crippen LogP contribution in [-0.2, 0) is 11.2 Å². The molecule has 0 radical (unpaired) electrons. The van der Waals surface area contributed by atoms with E-state index in [1.165, 1.54) is 6.33 Å². The molecule has 2 aromatic heterocycles. The number of hydrogen-bond donors (Lipinski definition) is 1. The molecule has 0 unspecified atom stereocenters. The largest absolute Gasteiger partial charge is 0.350 e. The van der Waals surface area contributed by atoms with Crippen molar-refractivity contribution in [1.29, 1.82) is 0 Å². The highest BCUT2D eigenvalue weighted by molar-refractivity contribution is 5.76. The van der Waals surface area contributed by atoms with Crippen LogP contribution in [-0.4, -0.2) is 20.9 Å². The van der Waals surface area contributed by atoms with Gasteiger partial charge in [-0.25, -0.2) is 9.97 Å². The normalized spacial score (nSPS) is 11.7. The van der Waals surface area contributed by atoms with Crippen LogP contribution in [0, 0.1) is 0 Å². The molecular formula is C20H20N4O. The van der Waals surface area contributed by atoms with Gasteiger partial charge in [0.15, 0.2) is 0 Å². The van der Waals surface area contributed by atoms with Gasteiger partial charge in [-0.05, 0) is 36.1 Å². The van der Waals surface area contributed by atoms with E-state index in [0.29, 0.717) is 12.8 Å². The van der Waals surface area contributed by atoms with E-state index in [-0.39, 0.29) is 11.9 Å². The van der Waals surface area contributed by atoms with Gasteiger partial charge >= 0.3 is 0 Å². The molecule has 0 aliphatic rings. The summed E-state index contributed by atoms with van der Waals surface area (Å²) in [4.78, 5) is 24.3. The molecule has 1 atom stereocenters. The fourth-order valence-corrected chi connectivity index (χ4v) is 2.61. The Labute approximate surface area is 147 Å². The predicted molar refractivity (Wildman–Crippen MR) is 96.6 cm³/mol. The van der Waals surface area contributed by atoms with Crippen LogP contribution in [0.3, 0.4) is 0 Å². The molecule has 0 aliphatic heterocycles. The summed E-state index contributed by atoms with van der Waals surface area (Å²) in [5, 5.41) is 3.04. The maximum absolute atomic E-state index is 12.1. The zero-order valence-electron chi connectivity index (χ0n) is 14.1. The van der Waals surface area contributed by atoms with Gasteiger partial charge in [-0.15, -0.1) is 0 Å². The van der Waals surface area contributed by atoms with E-state index in [4.69, 9.17) is 0 Å². The van der Waals surface area contributed by atoms with Crippen molar-refractivity contribution >= 4 is 5.91 Å². The predicted octanol–water partition coefficient (Wildman–Crippen LogP) is 3.35. The number of pyridine rings is 1. The lowest BCUT2D eigenvalue weighted by Gasteiger charge is -2.15. The van der Waals surface area contributed by atoms with E-state index in [9.17, 15) is 4.79 Å². The van der Waals surface area contributed by atoms with Crippen molar-refractivity contribution in [1.82, 2.24) is 20.3 Å². The van der Waals surface area contributed by atoms with Crippen molar-refractivity contribution in [2.45, 2.75) is 25.8 Å². The minimum atomic E-state index is -0.0394. The number of carbonyl (C=O) groups excluding carboxylic acids is 1. The number of aromatic nitrogens is 3. The maximum Gasteiger partial charge on any atom is 0.220 e.